The topological polar surface area (TPSA) is 107 Å². The second kappa shape index (κ2) is 7.59. The molecule has 0 saturated heterocycles. The Bertz CT molecular complexity index is 291. The Kier molecular flexibility index (Phi) is 6.85. The van der Waals surface area contributed by atoms with Gasteiger partial charge in [0, 0.05) is 11.3 Å². The molecule has 0 bridgehead atoms. The summed E-state index contributed by atoms with van der Waals surface area (Å²) in [5.74, 6) is -2.64. The van der Waals surface area contributed by atoms with Crippen LogP contribution in [0.1, 0.15) is 33.1 Å². The van der Waals surface area contributed by atoms with Crippen LogP contribution in [0.2, 0.25) is 0 Å². The van der Waals surface area contributed by atoms with Crippen molar-refractivity contribution in [3.63, 3.8) is 0 Å². The molecular formula is C10H17NO6. The molecule has 0 saturated carbocycles. The molecule has 7 heteroatoms. The Hall–Kier alpha value is -1.66. The maximum Gasteiger partial charge on any atom is 0.315 e. The largest absolute Gasteiger partial charge is 0.481 e. The number of aliphatic carboxylic acids is 1. The molecule has 0 spiro atoms. The molecule has 0 aliphatic carbocycles. The lowest BCUT2D eigenvalue weighted by Crippen LogP contribution is -2.36. The Morgan fingerprint density at radius 3 is 2.35 bits per heavy atom. The predicted octanol–water partition coefficient (Wildman–Crippen LogP) is 1.09. The molecule has 0 aliphatic rings. The highest BCUT2D eigenvalue weighted by atomic mass is 16.6. The van der Waals surface area contributed by atoms with Crippen LogP contribution in [0.25, 0.3) is 0 Å². The first-order valence-corrected chi connectivity index (χ1v) is 5.45. The number of esters is 1. The quantitative estimate of drug-likeness (QED) is 0.391. The minimum atomic E-state index is -1.20. The summed E-state index contributed by atoms with van der Waals surface area (Å²) < 4.78 is 4.74. The maximum absolute atomic E-state index is 11.5. The van der Waals surface area contributed by atoms with Crippen LogP contribution in [-0.2, 0) is 14.3 Å². The van der Waals surface area contributed by atoms with Gasteiger partial charge in [-0.05, 0) is 13.3 Å². The van der Waals surface area contributed by atoms with Gasteiger partial charge in [0.15, 0.2) is 0 Å². The van der Waals surface area contributed by atoms with Gasteiger partial charge in [0.05, 0.1) is 13.0 Å². The Labute approximate surface area is 98.9 Å². The molecule has 1 N–H and O–H groups in total. The van der Waals surface area contributed by atoms with Gasteiger partial charge in [-0.1, -0.05) is 6.92 Å². The van der Waals surface area contributed by atoms with Crippen LogP contribution < -0.4 is 0 Å². The van der Waals surface area contributed by atoms with Crippen molar-refractivity contribution in [2.24, 2.45) is 5.92 Å². The monoisotopic (exact) mass is 247 g/mol. The van der Waals surface area contributed by atoms with Crippen LogP contribution in [0.4, 0.5) is 0 Å². The van der Waals surface area contributed by atoms with Crippen molar-refractivity contribution in [3.8, 4) is 0 Å². The molecule has 17 heavy (non-hydrogen) atoms. The number of rotatable bonds is 8. The summed E-state index contributed by atoms with van der Waals surface area (Å²) in [6.07, 6.45) is -0.245. The zero-order valence-corrected chi connectivity index (χ0v) is 9.92. The van der Waals surface area contributed by atoms with Crippen molar-refractivity contribution in [2.45, 2.75) is 39.2 Å². The summed E-state index contributed by atoms with van der Waals surface area (Å²) >= 11 is 0. The lowest BCUT2D eigenvalue weighted by molar-refractivity contribution is -0.530. The van der Waals surface area contributed by atoms with Gasteiger partial charge in [-0.2, -0.15) is 0 Å². The fourth-order valence-electron chi connectivity index (χ4n) is 1.57. The summed E-state index contributed by atoms with van der Waals surface area (Å²) in [4.78, 5) is 32.1. The highest BCUT2D eigenvalue weighted by molar-refractivity contribution is 5.73. The van der Waals surface area contributed by atoms with Crippen LogP contribution in [-0.4, -0.2) is 34.6 Å². The first-order valence-electron chi connectivity index (χ1n) is 5.45. The van der Waals surface area contributed by atoms with Gasteiger partial charge < -0.3 is 9.84 Å². The molecule has 0 radical (unpaired) electrons. The summed E-state index contributed by atoms with van der Waals surface area (Å²) in [7, 11) is 0. The first kappa shape index (κ1) is 15.3. The molecule has 0 aromatic rings. The maximum atomic E-state index is 11.5. The second-order valence-electron chi connectivity index (χ2n) is 3.55. The third-order valence-electron chi connectivity index (χ3n) is 2.42. The molecule has 0 amide bonds. The van der Waals surface area contributed by atoms with Gasteiger partial charge in [-0.15, -0.1) is 0 Å². The summed E-state index contributed by atoms with van der Waals surface area (Å²) in [6, 6.07) is -1.20. The van der Waals surface area contributed by atoms with E-state index < -0.39 is 28.8 Å². The van der Waals surface area contributed by atoms with Crippen LogP contribution in [0.5, 0.6) is 0 Å². The van der Waals surface area contributed by atoms with Gasteiger partial charge in [-0.3, -0.25) is 19.7 Å². The normalized spacial score (nSPS) is 13.8. The molecule has 2 atom stereocenters. The third-order valence-corrected chi connectivity index (χ3v) is 2.42. The number of hydrogen-bond donors (Lipinski definition) is 1. The van der Waals surface area contributed by atoms with Crippen LogP contribution in [0, 0.1) is 16.0 Å². The van der Waals surface area contributed by atoms with E-state index in [4.69, 9.17) is 9.84 Å². The van der Waals surface area contributed by atoms with E-state index >= 15 is 0 Å². The number of ether oxygens (including phenoxy) is 1. The van der Waals surface area contributed by atoms with E-state index in [0.717, 1.165) is 0 Å². The molecule has 0 fully saturated rings. The Morgan fingerprint density at radius 2 is 2.00 bits per heavy atom. The molecular weight excluding hydrogens is 230 g/mol. The van der Waals surface area contributed by atoms with Crippen molar-refractivity contribution >= 4 is 11.9 Å². The number of carbonyl (C=O) groups is 2. The molecule has 7 nitrogen and oxygen atoms in total. The Balaban J connectivity index is 4.68. The van der Waals surface area contributed by atoms with Gasteiger partial charge >= 0.3 is 11.9 Å². The lowest BCUT2D eigenvalue weighted by atomic mass is 9.94. The van der Waals surface area contributed by atoms with Gasteiger partial charge in [-0.25, -0.2) is 0 Å². The smallest absolute Gasteiger partial charge is 0.315 e. The van der Waals surface area contributed by atoms with Crippen LogP contribution >= 0.6 is 0 Å². The van der Waals surface area contributed by atoms with Gasteiger partial charge in [0.1, 0.15) is 5.92 Å². The summed E-state index contributed by atoms with van der Waals surface area (Å²) in [6.45, 7) is 3.40. The number of carboxylic acid groups (broad SMARTS) is 1. The van der Waals surface area contributed by atoms with E-state index in [-0.39, 0.29) is 25.9 Å². The average Bonchev–Trinajstić information content (AvgIpc) is 2.23. The number of nitrogens with zero attached hydrogens (tertiary/aromatic N) is 1. The van der Waals surface area contributed by atoms with Crippen molar-refractivity contribution < 1.29 is 24.4 Å². The van der Waals surface area contributed by atoms with E-state index in [1.807, 2.05) is 0 Å². The second-order valence-corrected chi connectivity index (χ2v) is 3.55. The molecule has 98 valence electrons. The van der Waals surface area contributed by atoms with Crippen molar-refractivity contribution in [1.29, 1.82) is 0 Å². The van der Waals surface area contributed by atoms with E-state index in [1.54, 1.807) is 13.8 Å². The fourth-order valence-corrected chi connectivity index (χ4v) is 1.57. The number of nitro groups is 1. The average molecular weight is 247 g/mol. The first-order chi connectivity index (χ1) is 7.93. The summed E-state index contributed by atoms with van der Waals surface area (Å²) in [5.41, 5.74) is 0. The Morgan fingerprint density at radius 1 is 1.41 bits per heavy atom. The minimum absolute atomic E-state index is 0.151. The van der Waals surface area contributed by atoms with E-state index in [9.17, 15) is 19.7 Å². The predicted molar refractivity (Wildman–Crippen MR) is 58.1 cm³/mol. The van der Waals surface area contributed by atoms with Crippen molar-refractivity contribution in [2.75, 3.05) is 6.61 Å². The van der Waals surface area contributed by atoms with Crippen molar-refractivity contribution in [1.82, 2.24) is 0 Å². The third kappa shape index (κ3) is 5.28. The molecule has 0 rings (SSSR count). The van der Waals surface area contributed by atoms with Gasteiger partial charge in [0.2, 0.25) is 6.04 Å². The minimum Gasteiger partial charge on any atom is -0.481 e. The fraction of sp³-hybridized carbons (Fsp3) is 0.800. The molecule has 0 heterocycles. The molecule has 0 aromatic heterocycles. The van der Waals surface area contributed by atoms with E-state index in [1.165, 1.54) is 0 Å². The highest BCUT2D eigenvalue weighted by Gasteiger charge is 2.36. The SMILES string of the molecule is CCOC(=O)C(CC)C(CCC(=O)O)[N+](=O)[O-]. The molecule has 0 aliphatic heterocycles. The van der Waals surface area contributed by atoms with E-state index in [2.05, 4.69) is 0 Å². The van der Waals surface area contributed by atoms with Crippen molar-refractivity contribution in [3.05, 3.63) is 10.1 Å². The zero-order chi connectivity index (χ0) is 13.4. The van der Waals surface area contributed by atoms with Gasteiger partial charge in [0.25, 0.3) is 0 Å². The lowest BCUT2D eigenvalue weighted by Gasteiger charge is -2.17. The molecule has 2 unspecified atom stereocenters. The van der Waals surface area contributed by atoms with E-state index in [0.29, 0.717) is 0 Å². The number of hydrogen-bond acceptors (Lipinski definition) is 5. The number of carboxylic acids is 1. The molecule has 0 aromatic carbocycles. The van der Waals surface area contributed by atoms with Crippen LogP contribution in [0.3, 0.4) is 0 Å². The van der Waals surface area contributed by atoms with Crippen LogP contribution in [0.15, 0.2) is 0 Å². The standard InChI is InChI=1S/C10H17NO6/c1-3-7(10(14)17-4-2)8(11(15)16)5-6-9(12)13/h7-8H,3-6H2,1-2H3,(H,12,13). The highest BCUT2D eigenvalue weighted by Crippen LogP contribution is 2.18. The summed E-state index contributed by atoms with van der Waals surface area (Å²) in [5, 5.41) is 19.3. The zero-order valence-electron chi connectivity index (χ0n) is 9.92. The number of carbonyl (C=O) groups excluding carboxylic acids is 1.